The van der Waals surface area contributed by atoms with E-state index in [4.69, 9.17) is 16.3 Å². The maximum absolute atomic E-state index is 5.78. The summed E-state index contributed by atoms with van der Waals surface area (Å²) >= 11 is 5.78. The summed E-state index contributed by atoms with van der Waals surface area (Å²) in [7, 11) is 1.72. The Morgan fingerprint density at radius 1 is 1.21 bits per heavy atom. The molecule has 0 amide bonds. The molecular formula is C12H15ClO. The van der Waals surface area contributed by atoms with Gasteiger partial charge in [0.15, 0.2) is 0 Å². The largest absolute Gasteiger partial charge is 0.384 e. The molecule has 0 unspecified atom stereocenters. The van der Waals surface area contributed by atoms with E-state index in [0.717, 1.165) is 24.5 Å². The van der Waals surface area contributed by atoms with E-state index in [0.29, 0.717) is 0 Å². The Bertz CT molecular complexity index is 277. The van der Waals surface area contributed by atoms with Gasteiger partial charge < -0.3 is 4.74 Å². The van der Waals surface area contributed by atoms with Gasteiger partial charge in [-0.1, -0.05) is 35.9 Å². The minimum Gasteiger partial charge on any atom is -0.384 e. The molecule has 1 aromatic carbocycles. The monoisotopic (exact) mass is 210 g/mol. The fourth-order valence-electron chi connectivity index (χ4n) is 1.14. The average Bonchev–Trinajstić information content (AvgIpc) is 2.21. The highest BCUT2D eigenvalue weighted by molar-refractivity contribution is 6.30. The number of ether oxygens (including phenoxy) is 1. The summed E-state index contributed by atoms with van der Waals surface area (Å²) in [6.45, 7) is 0.789. The lowest BCUT2D eigenvalue weighted by molar-refractivity contribution is 0.204. The molecule has 0 aliphatic heterocycles. The van der Waals surface area contributed by atoms with Crippen LogP contribution >= 0.6 is 11.6 Å². The van der Waals surface area contributed by atoms with Gasteiger partial charge in [-0.15, -0.1) is 0 Å². The molecule has 0 heterocycles. The van der Waals surface area contributed by atoms with Crippen molar-refractivity contribution in [1.29, 1.82) is 0 Å². The summed E-state index contributed by atoms with van der Waals surface area (Å²) in [5, 5.41) is 0.789. The second-order valence-electron chi connectivity index (χ2n) is 3.08. The number of benzene rings is 1. The van der Waals surface area contributed by atoms with Crippen molar-refractivity contribution in [1.82, 2.24) is 0 Å². The summed E-state index contributed by atoms with van der Waals surface area (Å²) in [6.07, 6.45) is 6.23. The molecule has 0 atom stereocenters. The van der Waals surface area contributed by atoms with E-state index in [-0.39, 0.29) is 0 Å². The van der Waals surface area contributed by atoms with Crippen LogP contribution in [0, 0.1) is 0 Å². The third-order valence-electron chi connectivity index (χ3n) is 1.92. The second-order valence-corrected chi connectivity index (χ2v) is 3.52. The standard InChI is InChI=1S/C12H15ClO/c1-14-10-4-2-3-5-11-6-8-12(13)9-7-11/h2-3,6-9H,4-5,10H2,1H3. The average molecular weight is 211 g/mol. The maximum Gasteiger partial charge on any atom is 0.0496 e. The molecular weight excluding hydrogens is 196 g/mol. The van der Waals surface area contributed by atoms with Gasteiger partial charge in [0.1, 0.15) is 0 Å². The van der Waals surface area contributed by atoms with Gasteiger partial charge in [0.25, 0.3) is 0 Å². The van der Waals surface area contributed by atoms with Gasteiger partial charge in [-0.05, 0) is 30.5 Å². The Morgan fingerprint density at radius 3 is 2.57 bits per heavy atom. The molecule has 1 aromatic rings. The van der Waals surface area contributed by atoms with Crippen molar-refractivity contribution in [2.24, 2.45) is 0 Å². The fraction of sp³-hybridized carbons (Fsp3) is 0.333. The second kappa shape index (κ2) is 6.63. The molecule has 1 rings (SSSR count). The van der Waals surface area contributed by atoms with E-state index in [1.54, 1.807) is 7.11 Å². The van der Waals surface area contributed by atoms with E-state index in [1.807, 2.05) is 24.3 Å². The molecule has 0 saturated carbocycles. The first-order valence-corrected chi connectivity index (χ1v) is 5.09. The molecule has 0 aromatic heterocycles. The van der Waals surface area contributed by atoms with Gasteiger partial charge in [0.05, 0.1) is 0 Å². The van der Waals surface area contributed by atoms with Gasteiger partial charge in [-0.3, -0.25) is 0 Å². The highest BCUT2D eigenvalue weighted by Crippen LogP contribution is 2.10. The zero-order valence-corrected chi connectivity index (χ0v) is 9.13. The molecule has 14 heavy (non-hydrogen) atoms. The molecule has 2 heteroatoms. The van der Waals surface area contributed by atoms with Crippen molar-refractivity contribution in [3.63, 3.8) is 0 Å². The van der Waals surface area contributed by atoms with Crippen molar-refractivity contribution in [2.75, 3.05) is 13.7 Å². The number of hydrogen-bond acceptors (Lipinski definition) is 1. The zero-order valence-electron chi connectivity index (χ0n) is 8.37. The predicted molar refractivity (Wildman–Crippen MR) is 60.8 cm³/mol. The molecule has 0 bridgehead atoms. The molecule has 0 aliphatic carbocycles. The van der Waals surface area contributed by atoms with Gasteiger partial charge in [0.2, 0.25) is 0 Å². The molecule has 0 saturated heterocycles. The normalized spacial score (nSPS) is 11.0. The summed E-state index contributed by atoms with van der Waals surface area (Å²) in [6, 6.07) is 7.92. The Kier molecular flexibility index (Phi) is 5.35. The minimum atomic E-state index is 0.789. The van der Waals surface area contributed by atoms with Crippen molar-refractivity contribution < 1.29 is 4.74 Å². The lowest BCUT2D eigenvalue weighted by Crippen LogP contribution is -1.84. The number of rotatable bonds is 5. The predicted octanol–water partition coefficient (Wildman–Crippen LogP) is 3.48. The molecule has 0 aliphatic rings. The lowest BCUT2D eigenvalue weighted by Gasteiger charge is -1.96. The molecule has 1 nitrogen and oxygen atoms in total. The first-order valence-electron chi connectivity index (χ1n) is 4.71. The maximum atomic E-state index is 5.78. The summed E-state index contributed by atoms with van der Waals surface area (Å²) < 4.78 is 4.94. The van der Waals surface area contributed by atoms with E-state index in [9.17, 15) is 0 Å². The quantitative estimate of drug-likeness (QED) is 0.534. The van der Waals surface area contributed by atoms with E-state index >= 15 is 0 Å². The number of halogens is 1. The van der Waals surface area contributed by atoms with Crippen molar-refractivity contribution in [2.45, 2.75) is 12.8 Å². The van der Waals surface area contributed by atoms with E-state index < -0.39 is 0 Å². The van der Waals surface area contributed by atoms with Crippen molar-refractivity contribution >= 4 is 11.6 Å². The SMILES string of the molecule is COCCC=CCc1ccc(Cl)cc1. The summed E-state index contributed by atoms with van der Waals surface area (Å²) in [5.74, 6) is 0. The van der Waals surface area contributed by atoms with Crippen LogP contribution in [0.5, 0.6) is 0 Å². The third-order valence-corrected chi connectivity index (χ3v) is 2.17. The summed E-state index contributed by atoms with van der Waals surface area (Å²) in [4.78, 5) is 0. The summed E-state index contributed by atoms with van der Waals surface area (Å²) in [5.41, 5.74) is 1.28. The Balaban J connectivity index is 2.30. The Hall–Kier alpha value is -0.790. The fourth-order valence-corrected chi connectivity index (χ4v) is 1.27. The molecule has 0 spiro atoms. The van der Waals surface area contributed by atoms with Gasteiger partial charge in [-0.2, -0.15) is 0 Å². The van der Waals surface area contributed by atoms with Crippen LogP contribution in [0.1, 0.15) is 12.0 Å². The molecule has 0 fully saturated rings. The van der Waals surface area contributed by atoms with Crippen LogP contribution in [0.15, 0.2) is 36.4 Å². The van der Waals surface area contributed by atoms with E-state index in [1.165, 1.54) is 5.56 Å². The molecule has 0 radical (unpaired) electrons. The number of hydrogen-bond donors (Lipinski definition) is 0. The van der Waals surface area contributed by atoms with E-state index in [2.05, 4.69) is 12.2 Å². The Labute approximate surface area is 90.3 Å². The zero-order chi connectivity index (χ0) is 10.2. The van der Waals surface area contributed by atoms with Crippen LogP contribution in [0.3, 0.4) is 0 Å². The van der Waals surface area contributed by atoms with Crippen LogP contribution in [-0.4, -0.2) is 13.7 Å². The van der Waals surface area contributed by atoms with Crippen LogP contribution in [0.2, 0.25) is 5.02 Å². The van der Waals surface area contributed by atoms with Crippen LogP contribution in [0.25, 0.3) is 0 Å². The molecule has 76 valence electrons. The third kappa shape index (κ3) is 4.45. The Morgan fingerprint density at radius 2 is 1.93 bits per heavy atom. The smallest absolute Gasteiger partial charge is 0.0496 e. The lowest BCUT2D eigenvalue weighted by atomic mass is 10.1. The molecule has 0 N–H and O–H groups in total. The minimum absolute atomic E-state index is 0.789. The van der Waals surface area contributed by atoms with Gasteiger partial charge >= 0.3 is 0 Å². The van der Waals surface area contributed by atoms with Crippen LogP contribution < -0.4 is 0 Å². The first-order chi connectivity index (χ1) is 6.83. The van der Waals surface area contributed by atoms with Gasteiger partial charge in [0, 0.05) is 18.7 Å². The highest BCUT2D eigenvalue weighted by Gasteiger charge is 1.89. The van der Waals surface area contributed by atoms with Crippen LogP contribution in [0.4, 0.5) is 0 Å². The van der Waals surface area contributed by atoms with Crippen LogP contribution in [-0.2, 0) is 11.2 Å². The van der Waals surface area contributed by atoms with Crippen molar-refractivity contribution in [3.05, 3.63) is 47.0 Å². The number of allylic oxidation sites excluding steroid dienone is 1. The topological polar surface area (TPSA) is 9.23 Å². The highest BCUT2D eigenvalue weighted by atomic mass is 35.5. The first kappa shape index (κ1) is 11.3. The van der Waals surface area contributed by atoms with Gasteiger partial charge in [-0.25, -0.2) is 0 Å². The van der Waals surface area contributed by atoms with Crippen molar-refractivity contribution in [3.8, 4) is 0 Å². The number of methoxy groups -OCH3 is 1.